The van der Waals surface area contributed by atoms with Crippen LogP contribution in [0.25, 0.3) is 20.7 Å². The van der Waals surface area contributed by atoms with Gasteiger partial charge in [0.15, 0.2) is 0 Å². The summed E-state index contributed by atoms with van der Waals surface area (Å²) in [6.07, 6.45) is 2.49. The number of nitrogens with zero attached hydrogens (tertiary/aromatic N) is 2. The molecule has 0 saturated heterocycles. The number of primary amides is 1. The third-order valence-corrected chi connectivity index (χ3v) is 5.61. The van der Waals surface area contributed by atoms with Crippen LogP contribution in [0.5, 0.6) is 0 Å². The molecule has 1 amide bonds. The van der Waals surface area contributed by atoms with Crippen LogP contribution in [0.2, 0.25) is 0 Å². The van der Waals surface area contributed by atoms with Gasteiger partial charge in [0, 0.05) is 35.2 Å². The van der Waals surface area contributed by atoms with Crippen LogP contribution >= 0.6 is 22.7 Å². The van der Waals surface area contributed by atoms with Gasteiger partial charge >= 0.3 is 0 Å². The van der Waals surface area contributed by atoms with Gasteiger partial charge in [-0.3, -0.25) is 14.2 Å². The van der Waals surface area contributed by atoms with Gasteiger partial charge in [0.05, 0.1) is 5.39 Å². The van der Waals surface area contributed by atoms with Crippen LogP contribution < -0.4 is 11.3 Å². The number of hydrogen-bond donors (Lipinski definition) is 1. The van der Waals surface area contributed by atoms with Crippen molar-refractivity contribution in [3.8, 4) is 10.4 Å². The molecule has 0 aliphatic carbocycles. The first kappa shape index (κ1) is 16.9. The minimum atomic E-state index is -0.344. The predicted octanol–water partition coefficient (Wildman–Crippen LogP) is 3.40. The number of aryl methyl sites for hydroxylation is 1. The van der Waals surface area contributed by atoms with Crippen LogP contribution in [-0.2, 0) is 17.8 Å². The molecule has 0 saturated carbocycles. The van der Waals surface area contributed by atoms with Crippen molar-refractivity contribution < 1.29 is 4.79 Å². The summed E-state index contributed by atoms with van der Waals surface area (Å²) in [5, 5.41) is 4.69. The van der Waals surface area contributed by atoms with E-state index in [1.807, 2.05) is 22.9 Å². The van der Waals surface area contributed by atoms with E-state index >= 15 is 0 Å². The summed E-state index contributed by atoms with van der Waals surface area (Å²) in [4.78, 5) is 30.7. The SMILES string of the molecule is CCCc1nc2scc(-c3cccs3)c2c(=O)n1CCCC(N)=O. The normalized spacial score (nSPS) is 11.2. The van der Waals surface area contributed by atoms with E-state index in [1.165, 1.54) is 11.3 Å². The van der Waals surface area contributed by atoms with Gasteiger partial charge in [-0.15, -0.1) is 22.7 Å². The van der Waals surface area contributed by atoms with Gasteiger partial charge in [-0.2, -0.15) is 0 Å². The number of thiophene rings is 2. The fraction of sp³-hybridized carbons (Fsp3) is 0.353. The summed E-state index contributed by atoms with van der Waals surface area (Å²) in [6, 6.07) is 4.00. The maximum absolute atomic E-state index is 13.1. The summed E-state index contributed by atoms with van der Waals surface area (Å²) in [7, 11) is 0. The van der Waals surface area contributed by atoms with E-state index in [0.29, 0.717) is 18.4 Å². The maximum Gasteiger partial charge on any atom is 0.262 e. The highest BCUT2D eigenvalue weighted by atomic mass is 32.1. The van der Waals surface area contributed by atoms with E-state index < -0.39 is 0 Å². The lowest BCUT2D eigenvalue weighted by Crippen LogP contribution is -2.26. The Hall–Kier alpha value is -1.99. The van der Waals surface area contributed by atoms with Crippen LogP contribution in [0.4, 0.5) is 0 Å². The molecule has 0 aliphatic heterocycles. The molecular formula is C17H19N3O2S2. The molecule has 0 radical (unpaired) electrons. The Balaban J connectivity index is 2.10. The Morgan fingerprint density at radius 3 is 2.88 bits per heavy atom. The molecule has 0 atom stereocenters. The van der Waals surface area contributed by atoms with E-state index in [1.54, 1.807) is 15.9 Å². The molecule has 5 nitrogen and oxygen atoms in total. The van der Waals surface area contributed by atoms with Crippen LogP contribution in [-0.4, -0.2) is 15.5 Å². The number of rotatable bonds is 7. The number of hydrogen-bond acceptors (Lipinski definition) is 5. The van der Waals surface area contributed by atoms with Crippen molar-refractivity contribution >= 4 is 38.8 Å². The lowest BCUT2D eigenvalue weighted by molar-refractivity contribution is -0.118. The van der Waals surface area contributed by atoms with Crippen molar-refractivity contribution in [3.63, 3.8) is 0 Å². The van der Waals surface area contributed by atoms with Crippen molar-refractivity contribution in [2.75, 3.05) is 0 Å². The fourth-order valence-corrected chi connectivity index (χ4v) is 4.51. The number of nitrogens with two attached hydrogens (primary N) is 1. The monoisotopic (exact) mass is 361 g/mol. The topological polar surface area (TPSA) is 78.0 Å². The van der Waals surface area contributed by atoms with Crippen LogP contribution in [0.15, 0.2) is 27.7 Å². The highest BCUT2D eigenvalue weighted by molar-refractivity contribution is 7.18. The molecular weight excluding hydrogens is 342 g/mol. The second-order valence-electron chi connectivity index (χ2n) is 5.61. The quantitative estimate of drug-likeness (QED) is 0.700. The summed E-state index contributed by atoms with van der Waals surface area (Å²) in [5.41, 5.74) is 6.15. The van der Waals surface area contributed by atoms with Gasteiger partial charge in [-0.25, -0.2) is 4.98 Å². The maximum atomic E-state index is 13.1. The Morgan fingerprint density at radius 2 is 2.21 bits per heavy atom. The van der Waals surface area contributed by atoms with E-state index in [0.717, 1.165) is 33.9 Å². The first-order chi connectivity index (χ1) is 11.6. The van der Waals surface area contributed by atoms with Crippen molar-refractivity contribution in [3.05, 3.63) is 39.1 Å². The number of aromatic nitrogens is 2. The summed E-state index contributed by atoms with van der Waals surface area (Å²) in [6.45, 7) is 2.54. The minimum absolute atomic E-state index is 0.0161. The number of amides is 1. The third-order valence-electron chi connectivity index (χ3n) is 3.84. The zero-order valence-electron chi connectivity index (χ0n) is 13.4. The fourth-order valence-electron chi connectivity index (χ4n) is 2.74. The molecule has 0 aromatic carbocycles. The summed E-state index contributed by atoms with van der Waals surface area (Å²) >= 11 is 3.13. The lowest BCUT2D eigenvalue weighted by Gasteiger charge is -2.12. The molecule has 24 heavy (non-hydrogen) atoms. The molecule has 3 rings (SSSR count). The van der Waals surface area contributed by atoms with Crippen molar-refractivity contribution in [2.45, 2.75) is 39.2 Å². The zero-order valence-corrected chi connectivity index (χ0v) is 15.1. The minimum Gasteiger partial charge on any atom is -0.370 e. The lowest BCUT2D eigenvalue weighted by atomic mass is 10.2. The van der Waals surface area contributed by atoms with E-state index in [-0.39, 0.29) is 17.9 Å². The van der Waals surface area contributed by atoms with E-state index in [9.17, 15) is 9.59 Å². The Kier molecular flexibility index (Phi) is 5.11. The molecule has 3 aromatic heterocycles. The molecule has 2 N–H and O–H groups in total. The van der Waals surface area contributed by atoms with Crippen LogP contribution in [0, 0.1) is 0 Å². The number of carbonyl (C=O) groups excluding carboxylic acids is 1. The van der Waals surface area contributed by atoms with Crippen molar-refractivity contribution in [1.29, 1.82) is 0 Å². The molecule has 0 aliphatic rings. The average Bonchev–Trinajstić information content (AvgIpc) is 3.19. The van der Waals surface area contributed by atoms with Crippen molar-refractivity contribution in [1.82, 2.24) is 9.55 Å². The Bertz CT molecular complexity index is 910. The molecule has 126 valence electrons. The smallest absolute Gasteiger partial charge is 0.262 e. The highest BCUT2D eigenvalue weighted by Gasteiger charge is 2.17. The van der Waals surface area contributed by atoms with Gasteiger partial charge in [-0.05, 0) is 24.3 Å². The predicted molar refractivity (Wildman–Crippen MR) is 99.6 cm³/mol. The van der Waals surface area contributed by atoms with Crippen molar-refractivity contribution in [2.24, 2.45) is 5.73 Å². The van der Waals surface area contributed by atoms with Gasteiger partial charge < -0.3 is 5.73 Å². The van der Waals surface area contributed by atoms with Gasteiger partial charge in [0.1, 0.15) is 10.7 Å². The van der Waals surface area contributed by atoms with Gasteiger partial charge in [0.25, 0.3) is 5.56 Å². The van der Waals surface area contributed by atoms with Gasteiger partial charge in [-0.1, -0.05) is 13.0 Å². The molecule has 0 bridgehead atoms. The van der Waals surface area contributed by atoms with Crippen LogP contribution in [0.1, 0.15) is 32.0 Å². The molecule has 3 aromatic rings. The number of carbonyl (C=O) groups is 1. The molecule has 7 heteroatoms. The second kappa shape index (κ2) is 7.27. The molecule has 0 unspecified atom stereocenters. The highest BCUT2D eigenvalue weighted by Crippen LogP contribution is 2.33. The van der Waals surface area contributed by atoms with E-state index in [4.69, 9.17) is 10.7 Å². The zero-order chi connectivity index (χ0) is 17.1. The van der Waals surface area contributed by atoms with E-state index in [2.05, 4.69) is 6.92 Å². The summed E-state index contributed by atoms with van der Waals surface area (Å²) in [5.74, 6) is 0.447. The molecule has 0 spiro atoms. The standard InChI is InChI=1S/C17H19N3O2S2/c1-2-5-14-19-16-15(11(10-24-16)12-6-4-9-23-12)17(22)20(14)8-3-7-13(18)21/h4,6,9-10H,2-3,5,7-8H2,1H3,(H2,18,21). The average molecular weight is 361 g/mol. The van der Waals surface area contributed by atoms with Crippen LogP contribution in [0.3, 0.4) is 0 Å². The number of fused-ring (bicyclic) bond motifs is 1. The Labute approximate surface area is 147 Å². The molecule has 0 fully saturated rings. The third kappa shape index (κ3) is 3.27. The first-order valence-electron chi connectivity index (χ1n) is 7.95. The largest absolute Gasteiger partial charge is 0.370 e. The van der Waals surface area contributed by atoms with Gasteiger partial charge in [0.2, 0.25) is 5.91 Å². The second-order valence-corrected chi connectivity index (χ2v) is 7.42. The summed E-state index contributed by atoms with van der Waals surface area (Å²) < 4.78 is 1.72. The molecule has 3 heterocycles. The Morgan fingerprint density at radius 1 is 1.38 bits per heavy atom. The first-order valence-corrected chi connectivity index (χ1v) is 9.70.